The summed E-state index contributed by atoms with van der Waals surface area (Å²) in [6.07, 6.45) is 11.3. The number of nitrogens with zero attached hydrogens (tertiary/aromatic N) is 2. The summed E-state index contributed by atoms with van der Waals surface area (Å²) in [6.45, 7) is 6.26. The molecule has 3 rings (SSSR count). The van der Waals surface area contributed by atoms with Gasteiger partial charge in [-0.3, -0.25) is 4.90 Å². The molecule has 0 bridgehead atoms. The molecule has 0 amide bonds. The van der Waals surface area contributed by atoms with Crippen molar-refractivity contribution >= 4 is 0 Å². The number of piperidine rings is 2. The van der Waals surface area contributed by atoms with Crippen LogP contribution in [0.1, 0.15) is 51.4 Å². The second-order valence-corrected chi connectivity index (χ2v) is 6.86. The standard InChI is InChI=1S/C16H31N3/c17-13-14-5-4-6-16(14)19-11-7-15(8-12-19)18-9-2-1-3-10-18/h14-16H,1-13,17H2. The van der Waals surface area contributed by atoms with E-state index < -0.39 is 0 Å². The van der Waals surface area contributed by atoms with Crippen molar-refractivity contribution in [2.24, 2.45) is 11.7 Å². The third-order valence-electron chi connectivity index (χ3n) is 5.80. The molecule has 0 aromatic carbocycles. The minimum atomic E-state index is 0.784. The van der Waals surface area contributed by atoms with E-state index in [0.717, 1.165) is 24.5 Å². The van der Waals surface area contributed by atoms with Gasteiger partial charge in [-0.25, -0.2) is 0 Å². The zero-order valence-corrected chi connectivity index (χ0v) is 12.4. The molecule has 2 unspecified atom stereocenters. The van der Waals surface area contributed by atoms with Crippen LogP contribution in [0, 0.1) is 5.92 Å². The molecule has 0 aromatic heterocycles. The SMILES string of the molecule is NCC1CCCC1N1CCC(N2CCCCC2)CC1. The summed E-state index contributed by atoms with van der Waals surface area (Å²) in [5.74, 6) is 0.784. The third-order valence-corrected chi connectivity index (χ3v) is 5.80. The maximum Gasteiger partial charge on any atom is 0.0136 e. The van der Waals surface area contributed by atoms with E-state index in [4.69, 9.17) is 5.73 Å². The topological polar surface area (TPSA) is 32.5 Å². The van der Waals surface area contributed by atoms with Gasteiger partial charge in [-0.05, 0) is 77.2 Å². The molecule has 1 aliphatic carbocycles. The minimum absolute atomic E-state index is 0.784. The lowest BCUT2D eigenvalue weighted by molar-refractivity contribution is 0.0627. The summed E-state index contributed by atoms with van der Waals surface area (Å²) in [5.41, 5.74) is 5.94. The summed E-state index contributed by atoms with van der Waals surface area (Å²) in [5, 5.41) is 0. The summed E-state index contributed by atoms with van der Waals surface area (Å²) >= 11 is 0. The zero-order valence-electron chi connectivity index (χ0n) is 12.4. The molecule has 3 aliphatic rings. The minimum Gasteiger partial charge on any atom is -0.330 e. The lowest BCUT2D eigenvalue weighted by Gasteiger charge is -2.43. The third kappa shape index (κ3) is 3.14. The molecule has 1 saturated carbocycles. The van der Waals surface area contributed by atoms with Crippen LogP contribution in [-0.4, -0.2) is 54.6 Å². The molecule has 2 atom stereocenters. The lowest BCUT2D eigenvalue weighted by atomic mass is 9.95. The van der Waals surface area contributed by atoms with Gasteiger partial charge in [0.05, 0.1) is 0 Å². The molecule has 2 N–H and O–H groups in total. The zero-order chi connectivity index (χ0) is 13.1. The second kappa shape index (κ2) is 6.55. The summed E-state index contributed by atoms with van der Waals surface area (Å²) in [4.78, 5) is 5.54. The van der Waals surface area contributed by atoms with Crippen LogP contribution in [-0.2, 0) is 0 Å². The van der Waals surface area contributed by atoms with Crippen LogP contribution in [0.5, 0.6) is 0 Å². The maximum atomic E-state index is 5.94. The maximum absolute atomic E-state index is 5.94. The van der Waals surface area contributed by atoms with E-state index in [-0.39, 0.29) is 0 Å². The number of hydrogen-bond donors (Lipinski definition) is 1. The molecule has 0 spiro atoms. The van der Waals surface area contributed by atoms with E-state index in [1.54, 1.807) is 0 Å². The van der Waals surface area contributed by atoms with Gasteiger partial charge in [-0.2, -0.15) is 0 Å². The summed E-state index contributed by atoms with van der Waals surface area (Å²) in [6, 6.07) is 1.70. The average molecular weight is 265 g/mol. The van der Waals surface area contributed by atoms with Gasteiger partial charge in [0.15, 0.2) is 0 Å². The quantitative estimate of drug-likeness (QED) is 0.848. The molecule has 2 aliphatic heterocycles. The smallest absolute Gasteiger partial charge is 0.0136 e. The highest BCUT2D eigenvalue weighted by atomic mass is 15.2. The van der Waals surface area contributed by atoms with Crippen LogP contribution in [0.15, 0.2) is 0 Å². The van der Waals surface area contributed by atoms with E-state index >= 15 is 0 Å². The first-order chi connectivity index (χ1) is 9.38. The van der Waals surface area contributed by atoms with E-state index in [2.05, 4.69) is 9.80 Å². The van der Waals surface area contributed by atoms with Crippen molar-refractivity contribution in [3.63, 3.8) is 0 Å². The van der Waals surface area contributed by atoms with Crippen LogP contribution in [0.2, 0.25) is 0 Å². The van der Waals surface area contributed by atoms with E-state index in [0.29, 0.717) is 0 Å². The Kier molecular flexibility index (Phi) is 4.78. The van der Waals surface area contributed by atoms with Gasteiger partial charge in [-0.15, -0.1) is 0 Å². The Morgan fingerprint density at radius 2 is 1.47 bits per heavy atom. The number of nitrogens with two attached hydrogens (primary N) is 1. The van der Waals surface area contributed by atoms with Crippen molar-refractivity contribution in [1.29, 1.82) is 0 Å². The van der Waals surface area contributed by atoms with E-state index in [1.165, 1.54) is 77.5 Å². The Bertz CT molecular complexity index is 267. The van der Waals surface area contributed by atoms with Gasteiger partial charge in [0.2, 0.25) is 0 Å². The Hall–Kier alpha value is -0.120. The highest BCUT2D eigenvalue weighted by Crippen LogP contribution is 2.32. The number of hydrogen-bond acceptors (Lipinski definition) is 3. The highest BCUT2D eigenvalue weighted by Gasteiger charge is 2.34. The van der Waals surface area contributed by atoms with E-state index in [9.17, 15) is 0 Å². The first kappa shape index (κ1) is 13.8. The first-order valence-electron chi connectivity index (χ1n) is 8.56. The Balaban J connectivity index is 1.48. The molecule has 0 aromatic rings. The molecule has 2 heterocycles. The molecule has 0 radical (unpaired) electrons. The van der Waals surface area contributed by atoms with Gasteiger partial charge < -0.3 is 10.6 Å². The van der Waals surface area contributed by atoms with Crippen molar-refractivity contribution in [2.75, 3.05) is 32.7 Å². The van der Waals surface area contributed by atoms with Crippen LogP contribution in [0.4, 0.5) is 0 Å². The fraction of sp³-hybridized carbons (Fsp3) is 1.00. The van der Waals surface area contributed by atoms with Crippen molar-refractivity contribution < 1.29 is 0 Å². The van der Waals surface area contributed by atoms with Crippen molar-refractivity contribution in [3.05, 3.63) is 0 Å². The van der Waals surface area contributed by atoms with Crippen LogP contribution >= 0.6 is 0 Å². The van der Waals surface area contributed by atoms with Crippen molar-refractivity contribution in [1.82, 2.24) is 9.80 Å². The molecule has 3 nitrogen and oxygen atoms in total. The van der Waals surface area contributed by atoms with E-state index in [1.807, 2.05) is 0 Å². The molecule has 19 heavy (non-hydrogen) atoms. The predicted octanol–water partition coefficient (Wildman–Crippen LogP) is 2.06. The fourth-order valence-corrected chi connectivity index (χ4v) is 4.64. The molecule has 3 fully saturated rings. The average Bonchev–Trinajstić information content (AvgIpc) is 2.97. The molecular weight excluding hydrogens is 234 g/mol. The lowest BCUT2D eigenvalue weighted by Crippen LogP contribution is -2.50. The molecule has 2 saturated heterocycles. The number of rotatable bonds is 3. The van der Waals surface area contributed by atoms with Gasteiger partial charge in [0.25, 0.3) is 0 Å². The van der Waals surface area contributed by atoms with Gasteiger partial charge in [-0.1, -0.05) is 12.8 Å². The molecule has 3 heteroatoms. The molecule has 110 valence electrons. The Labute approximate surface area is 118 Å². The van der Waals surface area contributed by atoms with Crippen LogP contribution in [0.3, 0.4) is 0 Å². The normalized spacial score (nSPS) is 35.8. The summed E-state index contributed by atoms with van der Waals surface area (Å²) < 4.78 is 0. The van der Waals surface area contributed by atoms with Gasteiger partial charge >= 0.3 is 0 Å². The van der Waals surface area contributed by atoms with Gasteiger partial charge in [0.1, 0.15) is 0 Å². The van der Waals surface area contributed by atoms with Crippen molar-refractivity contribution in [3.8, 4) is 0 Å². The van der Waals surface area contributed by atoms with Crippen LogP contribution in [0.25, 0.3) is 0 Å². The second-order valence-electron chi connectivity index (χ2n) is 6.86. The van der Waals surface area contributed by atoms with Gasteiger partial charge in [0, 0.05) is 12.1 Å². The monoisotopic (exact) mass is 265 g/mol. The van der Waals surface area contributed by atoms with Crippen LogP contribution < -0.4 is 5.73 Å². The highest BCUT2D eigenvalue weighted by molar-refractivity contribution is 4.90. The van der Waals surface area contributed by atoms with Crippen molar-refractivity contribution in [2.45, 2.75) is 63.5 Å². The largest absolute Gasteiger partial charge is 0.330 e. The Morgan fingerprint density at radius 3 is 2.16 bits per heavy atom. The Morgan fingerprint density at radius 1 is 0.737 bits per heavy atom. The number of likely N-dealkylation sites (tertiary alicyclic amines) is 2. The summed E-state index contributed by atoms with van der Waals surface area (Å²) in [7, 11) is 0. The fourth-order valence-electron chi connectivity index (χ4n) is 4.64. The molecular formula is C16H31N3. The predicted molar refractivity (Wildman–Crippen MR) is 80.2 cm³/mol. The first-order valence-corrected chi connectivity index (χ1v) is 8.56.